The molecule has 72 valence electrons. The SMILES string of the molecule is N#CCC(N)c1cc(C(=O)O)ccn1. The number of nitrogens with two attached hydrogens (primary N) is 1. The summed E-state index contributed by atoms with van der Waals surface area (Å²) in [6, 6.07) is 4.13. The summed E-state index contributed by atoms with van der Waals surface area (Å²) in [7, 11) is 0. The van der Waals surface area contributed by atoms with Crippen molar-refractivity contribution in [2.75, 3.05) is 0 Å². The molecular weight excluding hydrogens is 182 g/mol. The van der Waals surface area contributed by atoms with Crippen LogP contribution in [-0.2, 0) is 0 Å². The molecule has 0 aliphatic carbocycles. The third-order valence-electron chi connectivity index (χ3n) is 1.72. The molecule has 0 bridgehead atoms. The molecular formula is C9H9N3O2. The summed E-state index contributed by atoms with van der Waals surface area (Å²) in [4.78, 5) is 14.5. The zero-order valence-electron chi connectivity index (χ0n) is 7.34. The Balaban J connectivity index is 2.94. The van der Waals surface area contributed by atoms with Crippen LogP contribution in [-0.4, -0.2) is 16.1 Å². The Morgan fingerprint density at radius 1 is 1.79 bits per heavy atom. The molecule has 0 aromatic carbocycles. The topological polar surface area (TPSA) is 100 Å². The number of aromatic carboxylic acids is 1. The summed E-state index contributed by atoms with van der Waals surface area (Å²) in [6.07, 6.45) is 1.49. The van der Waals surface area contributed by atoms with E-state index in [1.807, 2.05) is 6.07 Å². The molecule has 1 aromatic rings. The number of hydrogen-bond acceptors (Lipinski definition) is 4. The molecule has 0 aliphatic rings. The minimum atomic E-state index is -1.03. The van der Waals surface area contributed by atoms with Crippen LogP contribution >= 0.6 is 0 Å². The van der Waals surface area contributed by atoms with Gasteiger partial charge in [0.1, 0.15) is 0 Å². The second-order valence-electron chi connectivity index (χ2n) is 2.74. The van der Waals surface area contributed by atoms with E-state index in [0.29, 0.717) is 5.69 Å². The quantitative estimate of drug-likeness (QED) is 0.732. The number of carboxylic acids is 1. The summed E-state index contributed by atoms with van der Waals surface area (Å²) in [5.74, 6) is -1.03. The van der Waals surface area contributed by atoms with Gasteiger partial charge >= 0.3 is 5.97 Å². The Hall–Kier alpha value is -1.93. The van der Waals surface area contributed by atoms with Gasteiger partial charge in [0.25, 0.3) is 0 Å². The number of nitriles is 1. The molecule has 1 aromatic heterocycles. The van der Waals surface area contributed by atoms with Crippen molar-refractivity contribution in [1.29, 1.82) is 5.26 Å². The first-order chi connectivity index (χ1) is 6.65. The maximum atomic E-state index is 10.6. The van der Waals surface area contributed by atoms with Gasteiger partial charge in [-0.25, -0.2) is 4.79 Å². The van der Waals surface area contributed by atoms with Crippen molar-refractivity contribution in [3.8, 4) is 6.07 Å². The van der Waals surface area contributed by atoms with Crippen LogP contribution in [0, 0.1) is 11.3 Å². The Labute approximate surface area is 80.8 Å². The van der Waals surface area contributed by atoms with Crippen LogP contribution in [0.4, 0.5) is 0 Å². The zero-order valence-corrected chi connectivity index (χ0v) is 7.34. The molecule has 0 aliphatic heterocycles. The Morgan fingerprint density at radius 2 is 2.50 bits per heavy atom. The van der Waals surface area contributed by atoms with Crippen LogP contribution in [0.25, 0.3) is 0 Å². The van der Waals surface area contributed by atoms with Gasteiger partial charge < -0.3 is 10.8 Å². The molecule has 0 saturated carbocycles. The van der Waals surface area contributed by atoms with Crippen LogP contribution in [0.15, 0.2) is 18.3 Å². The van der Waals surface area contributed by atoms with E-state index in [1.54, 1.807) is 0 Å². The predicted molar refractivity (Wildman–Crippen MR) is 48.4 cm³/mol. The average molecular weight is 191 g/mol. The number of carboxylic acid groups (broad SMARTS) is 1. The third-order valence-corrected chi connectivity index (χ3v) is 1.72. The molecule has 1 rings (SSSR count). The van der Waals surface area contributed by atoms with Crippen molar-refractivity contribution in [2.24, 2.45) is 5.73 Å². The van der Waals surface area contributed by atoms with E-state index < -0.39 is 12.0 Å². The summed E-state index contributed by atoms with van der Waals surface area (Å²) >= 11 is 0. The molecule has 1 unspecified atom stereocenters. The average Bonchev–Trinajstić information content (AvgIpc) is 2.18. The number of pyridine rings is 1. The summed E-state index contributed by atoms with van der Waals surface area (Å²) in [6.45, 7) is 0. The number of carbonyl (C=O) groups is 1. The van der Waals surface area contributed by atoms with E-state index in [9.17, 15) is 4.79 Å². The molecule has 1 atom stereocenters. The van der Waals surface area contributed by atoms with E-state index in [2.05, 4.69) is 4.98 Å². The zero-order chi connectivity index (χ0) is 10.6. The minimum Gasteiger partial charge on any atom is -0.478 e. The highest BCUT2D eigenvalue weighted by Crippen LogP contribution is 2.11. The highest BCUT2D eigenvalue weighted by atomic mass is 16.4. The van der Waals surface area contributed by atoms with Gasteiger partial charge in [-0.2, -0.15) is 5.26 Å². The van der Waals surface area contributed by atoms with Crippen molar-refractivity contribution in [2.45, 2.75) is 12.5 Å². The fourth-order valence-electron chi connectivity index (χ4n) is 0.987. The number of hydrogen-bond donors (Lipinski definition) is 2. The van der Waals surface area contributed by atoms with Gasteiger partial charge in [-0.05, 0) is 12.1 Å². The molecule has 0 amide bonds. The number of aromatic nitrogens is 1. The molecule has 5 nitrogen and oxygen atoms in total. The van der Waals surface area contributed by atoms with Crippen molar-refractivity contribution < 1.29 is 9.90 Å². The van der Waals surface area contributed by atoms with Crippen molar-refractivity contribution in [3.63, 3.8) is 0 Å². The summed E-state index contributed by atoms with van der Waals surface area (Å²) < 4.78 is 0. The minimum absolute atomic E-state index is 0.121. The first kappa shape index (κ1) is 10.2. The van der Waals surface area contributed by atoms with Gasteiger partial charge in [0.2, 0.25) is 0 Å². The van der Waals surface area contributed by atoms with Gasteiger partial charge in [-0.3, -0.25) is 4.98 Å². The largest absolute Gasteiger partial charge is 0.478 e. The lowest BCUT2D eigenvalue weighted by Crippen LogP contribution is -2.12. The molecule has 3 N–H and O–H groups in total. The predicted octanol–water partition coefficient (Wildman–Crippen LogP) is 0.693. The summed E-state index contributed by atoms with van der Waals surface area (Å²) in [5, 5.41) is 17.1. The van der Waals surface area contributed by atoms with Gasteiger partial charge in [0, 0.05) is 6.20 Å². The smallest absolute Gasteiger partial charge is 0.335 e. The fourth-order valence-corrected chi connectivity index (χ4v) is 0.987. The Kier molecular flexibility index (Phi) is 3.15. The molecule has 1 heterocycles. The standard InChI is InChI=1S/C9H9N3O2/c10-3-1-7(11)8-5-6(9(13)14)2-4-12-8/h2,4-5,7H,1,11H2,(H,13,14). The van der Waals surface area contributed by atoms with E-state index in [1.165, 1.54) is 18.3 Å². The normalized spacial score (nSPS) is 11.7. The first-order valence-corrected chi connectivity index (χ1v) is 3.97. The van der Waals surface area contributed by atoms with E-state index in [0.717, 1.165) is 0 Å². The second kappa shape index (κ2) is 4.35. The van der Waals surface area contributed by atoms with Gasteiger partial charge in [-0.15, -0.1) is 0 Å². The molecule has 14 heavy (non-hydrogen) atoms. The maximum absolute atomic E-state index is 10.6. The third kappa shape index (κ3) is 2.28. The second-order valence-corrected chi connectivity index (χ2v) is 2.74. The highest BCUT2D eigenvalue weighted by molar-refractivity contribution is 5.87. The van der Waals surface area contributed by atoms with Crippen LogP contribution in [0.2, 0.25) is 0 Å². The number of rotatable bonds is 3. The van der Waals surface area contributed by atoms with E-state index in [4.69, 9.17) is 16.1 Å². The molecule has 5 heteroatoms. The molecule has 0 radical (unpaired) electrons. The van der Waals surface area contributed by atoms with E-state index >= 15 is 0 Å². The Morgan fingerprint density at radius 3 is 3.07 bits per heavy atom. The van der Waals surface area contributed by atoms with Crippen LogP contribution in [0.1, 0.15) is 28.5 Å². The first-order valence-electron chi connectivity index (χ1n) is 3.97. The summed E-state index contributed by atoms with van der Waals surface area (Å²) in [5.41, 5.74) is 6.15. The monoisotopic (exact) mass is 191 g/mol. The van der Waals surface area contributed by atoms with Gasteiger partial charge in [0.15, 0.2) is 0 Å². The maximum Gasteiger partial charge on any atom is 0.335 e. The molecule has 0 saturated heterocycles. The van der Waals surface area contributed by atoms with Crippen LogP contribution < -0.4 is 5.73 Å². The van der Waals surface area contributed by atoms with Crippen LogP contribution in [0.5, 0.6) is 0 Å². The molecule has 0 spiro atoms. The Bertz CT molecular complexity index is 384. The lowest BCUT2D eigenvalue weighted by Gasteiger charge is -2.06. The highest BCUT2D eigenvalue weighted by Gasteiger charge is 2.09. The molecule has 0 fully saturated rings. The van der Waals surface area contributed by atoms with Gasteiger partial charge in [-0.1, -0.05) is 0 Å². The lowest BCUT2D eigenvalue weighted by molar-refractivity contribution is 0.0696. The lowest BCUT2D eigenvalue weighted by atomic mass is 10.1. The fraction of sp³-hybridized carbons (Fsp3) is 0.222. The van der Waals surface area contributed by atoms with Crippen LogP contribution in [0.3, 0.4) is 0 Å². The van der Waals surface area contributed by atoms with Crippen molar-refractivity contribution in [1.82, 2.24) is 4.98 Å². The van der Waals surface area contributed by atoms with Crippen molar-refractivity contribution >= 4 is 5.97 Å². The van der Waals surface area contributed by atoms with Crippen molar-refractivity contribution in [3.05, 3.63) is 29.6 Å². The number of nitrogens with zero attached hydrogens (tertiary/aromatic N) is 2. The van der Waals surface area contributed by atoms with E-state index in [-0.39, 0.29) is 12.0 Å². The van der Waals surface area contributed by atoms with Gasteiger partial charge in [0.05, 0.1) is 29.8 Å².